The van der Waals surface area contributed by atoms with Gasteiger partial charge in [0.15, 0.2) is 9.84 Å². The minimum atomic E-state index is -4.22. The molecule has 0 aliphatic carbocycles. The summed E-state index contributed by atoms with van der Waals surface area (Å²) in [5, 5.41) is 1.01. The Morgan fingerprint density at radius 2 is 1.68 bits per heavy atom. The van der Waals surface area contributed by atoms with Crippen molar-refractivity contribution in [1.29, 1.82) is 0 Å². The van der Waals surface area contributed by atoms with E-state index in [4.69, 9.17) is 0 Å². The summed E-state index contributed by atoms with van der Waals surface area (Å²) in [5.74, 6) is -1.22. The van der Waals surface area contributed by atoms with Crippen LogP contribution < -0.4 is 0 Å². The van der Waals surface area contributed by atoms with E-state index < -0.39 is 36.6 Å². The fourth-order valence-electron chi connectivity index (χ4n) is 2.66. The summed E-state index contributed by atoms with van der Waals surface area (Å²) in [5.41, 5.74) is 0.681. The summed E-state index contributed by atoms with van der Waals surface area (Å²) in [6.45, 7) is -0.0535. The third kappa shape index (κ3) is 3.81. The van der Waals surface area contributed by atoms with Crippen LogP contribution in [0.15, 0.2) is 71.0 Å². The summed E-state index contributed by atoms with van der Waals surface area (Å²) >= 11 is 0. The molecular weight excluding hydrogens is 365 g/mol. The van der Waals surface area contributed by atoms with Crippen LogP contribution >= 0.6 is 0 Å². The predicted molar refractivity (Wildman–Crippen MR) is 92.3 cm³/mol. The van der Waals surface area contributed by atoms with Gasteiger partial charge in [0.25, 0.3) is 0 Å². The summed E-state index contributed by atoms with van der Waals surface area (Å²) < 4.78 is 64.6. The Hall–Kier alpha value is -2.03. The van der Waals surface area contributed by atoms with Gasteiger partial charge in [-0.3, -0.25) is 0 Å². The van der Waals surface area contributed by atoms with Crippen LogP contribution in [0.5, 0.6) is 0 Å². The number of halogens is 1. The molecule has 0 amide bonds. The van der Waals surface area contributed by atoms with E-state index in [9.17, 15) is 21.2 Å². The second-order valence-corrected chi connectivity index (χ2v) is 9.48. The topological polar surface area (TPSA) is 71.5 Å². The Morgan fingerprint density at radius 3 is 2.28 bits per heavy atom. The van der Waals surface area contributed by atoms with Gasteiger partial charge in [-0.25, -0.2) is 21.2 Å². The van der Waals surface area contributed by atoms with Crippen molar-refractivity contribution < 1.29 is 21.2 Å². The maximum atomic E-state index is 14.1. The molecular formula is C17H16FNO4S2. The number of benzene rings is 2. The second-order valence-electron chi connectivity index (χ2n) is 5.69. The zero-order chi connectivity index (χ0) is 18.1. The second kappa shape index (κ2) is 6.70. The Bertz CT molecular complexity index is 1000. The molecule has 0 spiro atoms. The zero-order valence-electron chi connectivity index (χ0n) is 13.1. The van der Waals surface area contributed by atoms with E-state index in [2.05, 4.69) is 0 Å². The Morgan fingerprint density at radius 1 is 1.04 bits per heavy atom. The standard InChI is InChI=1S/C17H16FNO4S2/c18-16-8-4-5-9-17(16)25(22,23)19(12-14-6-2-1-3-7-14)15-10-11-24(20,21)13-15/h1-11,15H,12-13H2/t15-/m0/s1. The van der Waals surface area contributed by atoms with Gasteiger partial charge < -0.3 is 0 Å². The molecule has 0 saturated heterocycles. The van der Waals surface area contributed by atoms with Gasteiger partial charge in [-0.2, -0.15) is 4.31 Å². The Balaban J connectivity index is 2.05. The smallest absolute Gasteiger partial charge is 0.224 e. The van der Waals surface area contributed by atoms with Gasteiger partial charge in [0.2, 0.25) is 10.0 Å². The number of hydrogen-bond donors (Lipinski definition) is 0. The van der Waals surface area contributed by atoms with Gasteiger partial charge >= 0.3 is 0 Å². The molecule has 2 aromatic rings. The van der Waals surface area contributed by atoms with Gasteiger partial charge in [-0.05, 0) is 17.7 Å². The maximum Gasteiger partial charge on any atom is 0.246 e. The first-order valence-corrected chi connectivity index (χ1v) is 10.7. The third-order valence-electron chi connectivity index (χ3n) is 3.89. The van der Waals surface area contributed by atoms with Crippen molar-refractivity contribution in [3.8, 4) is 0 Å². The van der Waals surface area contributed by atoms with Gasteiger partial charge in [-0.15, -0.1) is 0 Å². The molecule has 1 aliphatic rings. The number of nitrogens with zero attached hydrogens (tertiary/aromatic N) is 1. The fourth-order valence-corrected chi connectivity index (χ4v) is 5.69. The van der Waals surface area contributed by atoms with Crippen molar-refractivity contribution in [2.45, 2.75) is 17.5 Å². The first-order chi connectivity index (χ1) is 11.8. The monoisotopic (exact) mass is 381 g/mol. The van der Waals surface area contributed by atoms with Crippen LogP contribution in [-0.4, -0.2) is 32.9 Å². The largest absolute Gasteiger partial charge is 0.246 e. The van der Waals surface area contributed by atoms with Crippen LogP contribution in [0.1, 0.15) is 5.56 Å². The Kier molecular flexibility index (Phi) is 4.77. The van der Waals surface area contributed by atoms with Crippen LogP contribution in [0.2, 0.25) is 0 Å². The molecule has 0 saturated carbocycles. The van der Waals surface area contributed by atoms with Crippen molar-refractivity contribution in [2.24, 2.45) is 0 Å². The molecule has 1 aliphatic heterocycles. The highest BCUT2D eigenvalue weighted by Crippen LogP contribution is 2.26. The van der Waals surface area contributed by atoms with E-state index >= 15 is 0 Å². The first-order valence-electron chi connectivity index (χ1n) is 7.51. The SMILES string of the molecule is O=S1(=O)C=C[C@H](N(Cc2ccccc2)S(=O)(=O)c2ccccc2F)C1. The molecule has 0 unspecified atom stereocenters. The van der Waals surface area contributed by atoms with Crippen LogP contribution in [0.3, 0.4) is 0 Å². The van der Waals surface area contributed by atoms with Gasteiger partial charge in [0, 0.05) is 12.0 Å². The van der Waals surface area contributed by atoms with Crippen LogP contribution in [-0.2, 0) is 26.4 Å². The van der Waals surface area contributed by atoms with E-state index in [0.717, 1.165) is 15.8 Å². The molecule has 3 rings (SSSR count). The van der Waals surface area contributed by atoms with Crippen molar-refractivity contribution >= 4 is 19.9 Å². The highest BCUT2D eigenvalue weighted by molar-refractivity contribution is 7.94. The highest BCUT2D eigenvalue weighted by Gasteiger charge is 2.36. The molecule has 132 valence electrons. The van der Waals surface area contributed by atoms with E-state index in [1.807, 2.05) is 0 Å². The lowest BCUT2D eigenvalue weighted by Gasteiger charge is -2.27. The number of rotatable bonds is 5. The minimum Gasteiger partial charge on any atom is -0.224 e. The highest BCUT2D eigenvalue weighted by atomic mass is 32.2. The van der Waals surface area contributed by atoms with E-state index in [1.54, 1.807) is 30.3 Å². The van der Waals surface area contributed by atoms with Crippen LogP contribution in [0.25, 0.3) is 0 Å². The molecule has 1 heterocycles. The first kappa shape index (κ1) is 17.8. The molecule has 8 heteroatoms. The molecule has 5 nitrogen and oxygen atoms in total. The molecule has 25 heavy (non-hydrogen) atoms. The van der Waals surface area contributed by atoms with Crippen LogP contribution in [0, 0.1) is 5.82 Å². The summed E-state index contributed by atoms with van der Waals surface area (Å²) in [4.78, 5) is -0.469. The molecule has 2 aromatic carbocycles. The summed E-state index contributed by atoms with van der Waals surface area (Å²) in [6.07, 6.45) is 1.33. The average molecular weight is 381 g/mol. The minimum absolute atomic E-state index is 0.0535. The van der Waals surface area contributed by atoms with Gasteiger partial charge in [0.05, 0.1) is 11.8 Å². The lowest BCUT2D eigenvalue weighted by molar-refractivity contribution is 0.373. The maximum absolute atomic E-state index is 14.1. The molecule has 0 N–H and O–H groups in total. The lowest BCUT2D eigenvalue weighted by atomic mass is 10.2. The van der Waals surface area contributed by atoms with E-state index in [0.29, 0.717) is 5.56 Å². The number of sulfone groups is 1. The predicted octanol–water partition coefficient (Wildman–Crippen LogP) is 2.33. The fraction of sp³-hybridized carbons (Fsp3) is 0.176. The third-order valence-corrected chi connectivity index (χ3v) is 7.17. The quantitative estimate of drug-likeness (QED) is 0.797. The molecule has 0 radical (unpaired) electrons. The Labute approximate surface area is 146 Å². The van der Waals surface area contributed by atoms with Gasteiger partial charge in [0.1, 0.15) is 10.7 Å². The molecule has 1 atom stereocenters. The molecule has 0 aromatic heterocycles. The summed E-state index contributed by atoms with van der Waals surface area (Å²) in [7, 11) is -7.69. The molecule has 0 bridgehead atoms. The van der Waals surface area contributed by atoms with Crippen molar-refractivity contribution in [3.63, 3.8) is 0 Å². The average Bonchev–Trinajstić information content (AvgIpc) is 2.93. The molecule has 0 fully saturated rings. The van der Waals surface area contributed by atoms with Crippen LogP contribution in [0.4, 0.5) is 4.39 Å². The summed E-state index contributed by atoms with van der Waals surface area (Å²) in [6, 6.07) is 13.0. The van der Waals surface area contributed by atoms with Crippen molar-refractivity contribution in [3.05, 3.63) is 77.5 Å². The lowest BCUT2D eigenvalue weighted by Crippen LogP contribution is -2.40. The number of hydrogen-bond acceptors (Lipinski definition) is 4. The van der Waals surface area contributed by atoms with E-state index in [1.165, 1.54) is 24.3 Å². The normalized spacial score (nSPS) is 19.4. The van der Waals surface area contributed by atoms with Crippen molar-refractivity contribution in [1.82, 2.24) is 4.31 Å². The van der Waals surface area contributed by atoms with Crippen molar-refractivity contribution in [2.75, 3.05) is 5.75 Å². The van der Waals surface area contributed by atoms with E-state index in [-0.39, 0.29) is 12.3 Å². The number of sulfonamides is 1. The van der Waals surface area contributed by atoms with Gasteiger partial charge in [-0.1, -0.05) is 48.5 Å². The zero-order valence-corrected chi connectivity index (χ0v) is 14.8.